The van der Waals surface area contributed by atoms with Gasteiger partial charge in [0.05, 0.1) is 31.5 Å². The number of esters is 1. The van der Waals surface area contributed by atoms with E-state index in [-0.39, 0.29) is 6.42 Å². The number of hydrogen-bond acceptors (Lipinski definition) is 9. The number of carbonyl (C=O) groups is 1. The first-order valence-electron chi connectivity index (χ1n) is 10.1. The second kappa shape index (κ2) is 8.27. The van der Waals surface area contributed by atoms with Crippen molar-refractivity contribution in [2.75, 3.05) is 14.2 Å². The highest BCUT2D eigenvalue weighted by molar-refractivity contribution is 7.00. The van der Waals surface area contributed by atoms with Crippen molar-refractivity contribution >= 4 is 34.3 Å². The molecule has 2 aromatic carbocycles. The van der Waals surface area contributed by atoms with Gasteiger partial charge in [-0.25, -0.2) is 9.78 Å². The molecule has 0 radical (unpaired) electrons. The van der Waals surface area contributed by atoms with Crippen LogP contribution in [0.25, 0.3) is 16.6 Å². The number of pyridine rings is 1. The van der Waals surface area contributed by atoms with Crippen LogP contribution in [-0.4, -0.2) is 39.0 Å². The van der Waals surface area contributed by atoms with Crippen LogP contribution in [0.4, 0.5) is 0 Å². The molecule has 1 aliphatic heterocycles. The predicted molar refractivity (Wildman–Crippen MR) is 122 cm³/mol. The van der Waals surface area contributed by atoms with Crippen LogP contribution in [0.1, 0.15) is 16.7 Å². The van der Waals surface area contributed by atoms with Crippen molar-refractivity contribution in [1.82, 2.24) is 13.7 Å². The first-order chi connectivity index (χ1) is 16.0. The lowest BCUT2D eigenvalue weighted by atomic mass is 9.88. The summed E-state index contributed by atoms with van der Waals surface area (Å²) in [4.78, 5) is 17.3. The minimum absolute atomic E-state index is 0.232. The Hall–Kier alpha value is -3.82. The molecule has 9 heteroatoms. The predicted octanol–water partition coefficient (Wildman–Crippen LogP) is 3.50. The van der Waals surface area contributed by atoms with E-state index < -0.39 is 11.8 Å². The number of aliphatic hydroxyl groups is 1. The molecule has 0 saturated heterocycles. The molecule has 0 saturated carbocycles. The van der Waals surface area contributed by atoms with E-state index >= 15 is 0 Å². The number of hydrogen-bond donors (Lipinski definition) is 1. The monoisotopic (exact) mass is 461 g/mol. The van der Waals surface area contributed by atoms with Gasteiger partial charge < -0.3 is 19.3 Å². The highest BCUT2D eigenvalue weighted by Gasteiger charge is 2.48. The van der Waals surface area contributed by atoms with Gasteiger partial charge in [0.1, 0.15) is 16.8 Å². The zero-order valence-electron chi connectivity index (χ0n) is 17.8. The molecule has 0 fully saturated rings. The quantitative estimate of drug-likeness (QED) is 0.435. The van der Waals surface area contributed by atoms with Crippen molar-refractivity contribution in [3.8, 4) is 11.6 Å². The Bertz CT molecular complexity index is 1380. The second-order valence-electron chi connectivity index (χ2n) is 7.47. The average molecular weight is 461 g/mol. The molecule has 8 nitrogen and oxygen atoms in total. The van der Waals surface area contributed by atoms with Gasteiger partial charge in [-0.3, -0.25) is 0 Å². The number of ether oxygens (including phenoxy) is 3. The standard InChI is InChI=1S/C24H19N3O5S/c1-30-17-6-4-16(5-7-17)24(29)18(11-14-9-10-25-21(12-14)31-2)22(23(28)32-24)15-3-8-19-20(13-15)27-33-26-19/h3-10,12-13,29H,11H2,1-2H3. The van der Waals surface area contributed by atoms with Gasteiger partial charge in [0.2, 0.25) is 5.88 Å². The van der Waals surface area contributed by atoms with Gasteiger partial charge >= 0.3 is 5.97 Å². The van der Waals surface area contributed by atoms with Gasteiger partial charge in [0.25, 0.3) is 5.79 Å². The summed E-state index contributed by atoms with van der Waals surface area (Å²) in [5, 5.41) is 11.7. The van der Waals surface area contributed by atoms with E-state index in [4.69, 9.17) is 14.2 Å². The topological polar surface area (TPSA) is 104 Å². The molecule has 1 atom stereocenters. The molecule has 166 valence electrons. The first kappa shape index (κ1) is 21.0. The molecule has 1 unspecified atom stereocenters. The van der Waals surface area contributed by atoms with Crippen molar-refractivity contribution in [2.45, 2.75) is 12.2 Å². The fraction of sp³-hybridized carbons (Fsp3) is 0.167. The van der Waals surface area contributed by atoms with E-state index in [1.54, 1.807) is 67.9 Å². The van der Waals surface area contributed by atoms with Gasteiger partial charge in [0, 0.05) is 29.8 Å². The van der Waals surface area contributed by atoms with Gasteiger partial charge in [0.15, 0.2) is 0 Å². The molecule has 0 aliphatic carbocycles. The SMILES string of the molecule is COc1ccc(C2(O)OC(=O)C(c3ccc4nsnc4c3)=C2Cc2ccnc(OC)c2)cc1. The second-order valence-corrected chi connectivity index (χ2v) is 7.99. The summed E-state index contributed by atoms with van der Waals surface area (Å²) in [7, 11) is 3.09. The fourth-order valence-electron chi connectivity index (χ4n) is 3.90. The van der Waals surface area contributed by atoms with E-state index in [1.807, 2.05) is 0 Å². The average Bonchev–Trinajstić information content (AvgIpc) is 3.41. The van der Waals surface area contributed by atoms with Crippen LogP contribution in [0.3, 0.4) is 0 Å². The number of nitrogens with zero attached hydrogens (tertiary/aromatic N) is 3. The molecular weight excluding hydrogens is 442 g/mol. The van der Waals surface area contributed by atoms with Crippen molar-refractivity contribution in [3.05, 3.63) is 83.1 Å². The fourth-order valence-corrected chi connectivity index (χ4v) is 4.42. The number of benzene rings is 2. The summed E-state index contributed by atoms with van der Waals surface area (Å²) >= 11 is 1.10. The number of carbonyl (C=O) groups excluding carboxylic acids is 1. The molecule has 0 bridgehead atoms. The Morgan fingerprint density at radius 1 is 1.00 bits per heavy atom. The lowest BCUT2D eigenvalue weighted by Gasteiger charge is -2.26. The van der Waals surface area contributed by atoms with Crippen molar-refractivity contribution in [2.24, 2.45) is 0 Å². The molecule has 1 N–H and O–H groups in total. The molecule has 0 spiro atoms. The highest BCUT2D eigenvalue weighted by Crippen LogP contribution is 2.45. The molecule has 5 rings (SSSR count). The largest absolute Gasteiger partial charge is 0.497 e. The maximum absolute atomic E-state index is 13.1. The van der Waals surface area contributed by atoms with E-state index in [1.165, 1.54) is 7.11 Å². The third-order valence-corrected chi connectivity index (χ3v) is 6.13. The Labute approximate surface area is 193 Å². The van der Waals surface area contributed by atoms with E-state index in [2.05, 4.69) is 13.7 Å². The van der Waals surface area contributed by atoms with E-state index in [0.717, 1.165) is 22.8 Å². The maximum Gasteiger partial charge on any atom is 0.342 e. The smallest absolute Gasteiger partial charge is 0.342 e. The van der Waals surface area contributed by atoms with Gasteiger partial charge in [-0.15, -0.1) is 0 Å². The minimum atomic E-state index is -1.95. The summed E-state index contributed by atoms with van der Waals surface area (Å²) in [6, 6.07) is 15.7. The molecule has 3 heterocycles. The van der Waals surface area contributed by atoms with Crippen LogP contribution >= 0.6 is 11.7 Å². The number of cyclic esters (lactones) is 1. The highest BCUT2D eigenvalue weighted by atomic mass is 32.1. The normalized spacial score (nSPS) is 18.0. The summed E-state index contributed by atoms with van der Waals surface area (Å²) in [6.07, 6.45) is 1.85. The van der Waals surface area contributed by atoms with Gasteiger partial charge in [-0.2, -0.15) is 8.75 Å². The minimum Gasteiger partial charge on any atom is -0.497 e. The summed E-state index contributed by atoms with van der Waals surface area (Å²) < 4.78 is 24.6. The first-order valence-corrected chi connectivity index (χ1v) is 10.8. The lowest BCUT2D eigenvalue weighted by molar-refractivity contribution is -0.185. The third kappa shape index (κ3) is 3.71. The third-order valence-electron chi connectivity index (χ3n) is 5.57. The zero-order chi connectivity index (χ0) is 23.0. The molecule has 2 aromatic heterocycles. The number of fused-ring (bicyclic) bond motifs is 1. The Balaban J connectivity index is 1.69. The Morgan fingerprint density at radius 2 is 1.79 bits per heavy atom. The Morgan fingerprint density at radius 3 is 2.55 bits per heavy atom. The molecule has 0 amide bonds. The molecular formula is C24H19N3O5S. The van der Waals surface area contributed by atoms with E-state index in [0.29, 0.717) is 39.4 Å². The summed E-state index contributed by atoms with van der Waals surface area (Å²) in [5.74, 6) is -1.52. The van der Waals surface area contributed by atoms with Crippen molar-refractivity contribution < 1.29 is 24.1 Å². The molecule has 1 aliphatic rings. The van der Waals surface area contributed by atoms with E-state index in [9.17, 15) is 9.90 Å². The van der Waals surface area contributed by atoms with Crippen LogP contribution in [0.2, 0.25) is 0 Å². The van der Waals surface area contributed by atoms with Crippen LogP contribution in [0.5, 0.6) is 11.6 Å². The van der Waals surface area contributed by atoms with Crippen LogP contribution < -0.4 is 9.47 Å². The van der Waals surface area contributed by atoms with Gasteiger partial charge in [-0.05, 0) is 53.6 Å². The summed E-state index contributed by atoms with van der Waals surface area (Å²) in [5.41, 5.74) is 3.92. The number of aromatic nitrogens is 3. The number of methoxy groups -OCH3 is 2. The van der Waals surface area contributed by atoms with Crippen LogP contribution in [-0.2, 0) is 21.7 Å². The summed E-state index contributed by atoms with van der Waals surface area (Å²) in [6.45, 7) is 0. The van der Waals surface area contributed by atoms with Gasteiger partial charge in [-0.1, -0.05) is 6.07 Å². The van der Waals surface area contributed by atoms with Crippen molar-refractivity contribution in [3.63, 3.8) is 0 Å². The Kier molecular flexibility index (Phi) is 5.27. The molecule has 4 aromatic rings. The number of rotatable bonds is 6. The van der Waals surface area contributed by atoms with Crippen LogP contribution in [0.15, 0.2) is 66.4 Å². The zero-order valence-corrected chi connectivity index (χ0v) is 18.6. The van der Waals surface area contributed by atoms with Crippen molar-refractivity contribution in [1.29, 1.82) is 0 Å². The molecule has 33 heavy (non-hydrogen) atoms. The lowest BCUT2D eigenvalue weighted by Crippen LogP contribution is -2.29. The van der Waals surface area contributed by atoms with Crippen LogP contribution in [0, 0.1) is 0 Å². The maximum atomic E-state index is 13.1.